The summed E-state index contributed by atoms with van der Waals surface area (Å²) < 4.78 is 18.2. The maximum absolute atomic E-state index is 12.9. The van der Waals surface area contributed by atoms with Gasteiger partial charge in [-0.2, -0.15) is 0 Å². The molecule has 1 aliphatic rings. The molecule has 19 heavy (non-hydrogen) atoms. The maximum Gasteiger partial charge on any atom is 0.260 e. The number of carbonyl (C=O) groups is 2. The second kappa shape index (κ2) is 6.17. The number of rotatable bonds is 4. The van der Waals surface area contributed by atoms with E-state index in [1.807, 2.05) is 0 Å². The van der Waals surface area contributed by atoms with Crippen LogP contribution in [0.15, 0.2) is 24.3 Å². The van der Waals surface area contributed by atoms with Gasteiger partial charge in [0.2, 0.25) is 6.41 Å². The average molecular weight is 266 g/mol. The summed E-state index contributed by atoms with van der Waals surface area (Å²) in [5.74, 6) is -0.223. The number of halogens is 1. The van der Waals surface area contributed by atoms with Gasteiger partial charge in [0.25, 0.3) is 5.91 Å². The molecule has 1 aromatic carbocycles. The van der Waals surface area contributed by atoms with E-state index in [0.29, 0.717) is 31.9 Å². The Kier molecular flexibility index (Phi) is 4.33. The van der Waals surface area contributed by atoms with Crippen LogP contribution in [0.5, 0.6) is 5.75 Å². The van der Waals surface area contributed by atoms with Gasteiger partial charge < -0.3 is 14.5 Å². The molecule has 1 fully saturated rings. The molecule has 2 rings (SSSR count). The summed E-state index contributed by atoms with van der Waals surface area (Å²) in [5.41, 5.74) is 0. The summed E-state index contributed by atoms with van der Waals surface area (Å²) in [6.45, 7) is 1.96. The highest BCUT2D eigenvalue weighted by Gasteiger charge is 2.20. The highest BCUT2D eigenvalue weighted by Crippen LogP contribution is 2.12. The minimum absolute atomic E-state index is 0.120. The van der Waals surface area contributed by atoms with E-state index in [1.165, 1.54) is 18.2 Å². The number of piperazine rings is 1. The zero-order chi connectivity index (χ0) is 13.7. The van der Waals surface area contributed by atoms with Crippen LogP contribution in [-0.4, -0.2) is 54.9 Å². The van der Waals surface area contributed by atoms with Gasteiger partial charge in [0.1, 0.15) is 11.6 Å². The molecule has 5 nitrogen and oxygen atoms in total. The first-order chi connectivity index (χ1) is 9.19. The smallest absolute Gasteiger partial charge is 0.260 e. The van der Waals surface area contributed by atoms with E-state index in [1.54, 1.807) is 15.9 Å². The van der Waals surface area contributed by atoms with Crippen LogP contribution in [0, 0.1) is 5.82 Å². The van der Waals surface area contributed by atoms with Crippen LogP contribution in [-0.2, 0) is 9.59 Å². The fourth-order valence-electron chi connectivity index (χ4n) is 1.87. The molecule has 1 aliphatic heterocycles. The molecule has 0 aromatic heterocycles. The van der Waals surface area contributed by atoms with Gasteiger partial charge in [-0.15, -0.1) is 0 Å². The third kappa shape index (κ3) is 3.67. The van der Waals surface area contributed by atoms with E-state index in [4.69, 9.17) is 4.74 Å². The Morgan fingerprint density at radius 3 is 2.68 bits per heavy atom. The SMILES string of the molecule is O=CN1CCN(C(=O)COc2cccc(F)c2)CC1. The molecule has 0 bridgehead atoms. The predicted molar refractivity (Wildman–Crippen MR) is 66.1 cm³/mol. The normalized spacial score (nSPS) is 15.2. The molecule has 0 atom stereocenters. The summed E-state index contributed by atoms with van der Waals surface area (Å²) in [6.07, 6.45) is 0.783. The lowest BCUT2D eigenvalue weighted by molar-refractivity contribution is -0.137. The maximum atomic E-state index is 12.9. The van der Waals surface area contributed by atoms with Gasteiger partial charge in [-0.25, -0.2) is 4.39 Å². The number of nitrogens with zero attached hydrogens (tertiary/aromatic N) is 2. The average Bonchev–Trinajstić information content (AvgIpc) is 2.45. The molecule has 2 amide bonds. The lowest BCUT2D eigenvalue weighted by Gasteiger charge is -2.32. The van der Waals surface area contributed by atoms with Crippen LogP contribution >= 0.6 is 0 Å². The molecule has 0 radical (unpaired) electrons. The number of benzene rings is 1. The van der Waals surface area contributed by atoms with Crippen LogP contribution in [0.3, 0.4) is 0 Å². The number of carbonyl (C=O) groups excluding carboxylic acids is 2. The van der Waals surface area contributed by atoms with Crippen molar-refractivity contribution in [2.75, 3.05) is 32.8 Å². The van der Waals surface area contributed by atoms with Gasteiger partial charge in [0.05, 0.1) is 0 Å². The van der Waals surface area contributed by atoms with Crippen molar-refractivity contribution in [1.29, 1.82) is 0 Å². The molecular weight excluding hydrogens is 251 g/mol. The molecule has 0 aliphatic carbocycles. The number of hydrogen-bond donors (Lipinski definition) is 0. The first kappa shape index (κ1) is 13.3. The topological polar surface area (TPSA) is 49.9 Å². The van der Waals surface area contributed by atoms with E-state index in [2.05, 4.69) is 0 Å². The molecule has 0 spiro atoms. The number of ether oxygens (including phenoxy) is 1. The number of hydrogen-bond acceptors (Lipinski definition) is 3. The van der Waals surface area contributed by atoms with Crippen LogP contribution in [0.1, 0.15) is 0 Å². The number of amides is 2. The van der Waals surface area contributed by atoms with Crippen molar-refractivity contribution in [2.45, 2.75) is 0 Å². The molecule has 0 unspecified atom stereocenters. The van der Waals surface area contributed by atoms with Crippen molar-refractivity contribution >= 4 is 12.3 Å². The minimum atomic E-state index is -0.399. The second-order valence-corrected chi connectivity index (χ2v) is 4.27. The van der Waals surface area contributed by atoms with E-state index >= 15 is 0 Å². The molecule has 102 valence electrons. The van der Waals surface area contributed by atoms with Crippen LogP contribution in [0.2, 0.25) is 0 Å². The van der Waals surface area contributed by atoms with Gasteiger partial charge >= 0.3 is 0 Å². The predicted octanol–water partition coefficient (Wildman–Crippen LogP) is 0.505. The van der Waals surface area contributed by atoms with E-state index in [9.17, 15) is 14.0 Å². The van der Waals surface area contributed by atoms with Crippen LogP contribution in [0.25, 0.3) is 0 Å². The van der Waals surface area contributed by atoms with E-state index in [0.717, 1.165) is 6.41 Å². The Balaban J connectivity index is 1.80. The Bertz CT molecular complexity index is 459. The fraction of sp³-hybridized carbons (Fsp3) is 0.385. The quantitative estimate of drug-likeness (QED) is 0.746. The van der Waals surface area contributed by atoms with Crippen molar-refractivity contribution in [3.63, 3.8) is 0 Å². The van der Waals surface area contributed by atoms with Crippen molar-refractivity contribution in [3.8, 4) is 5.75 Å². The standard InChI is InChI=1S/C13H15FN2O3/c14-11-2-1-3-12(8-11)19-9-13(18)16-6-4-15(10-17)5-7-16/h1-3,8,10H,4-7,9H2. The summed E-state index contributed by atoms with van der Waals surface area (Å²) in [7, 11) is 0. The van der Waals surface area contributed by atoms with Crippen molar-refractivity contribution in [2.24, 2.45) is 0 Å². The Morgan fingerprint density at radius 1 is 1.32 bits per heavy atom. The van der Waals surface area contributed by atoms with Gasteiger partial charge in [0, 0.05) is 32.2 Å². The third-order valence-electron chi connectivity index (χ3n) is 2.97. The minimum Gasteiger partial charge on any atom is -0.484 e. The van der Waals surface area contributed by atoms with Gasteiger partial charge in [0.15, 0.2) is 6.61 Å². The Morgan fingerprint density at radius 2 is 2.05 bits per heavy atom. The highest BCUT2D eigenvalue weighted by molar-refractivity contribution is 5.78. The largest absolute Gasteiger partial charge is 0.484 e. The van der Waals surface area contributed by atoms with Gasteiger partial charge in [-0.3, -0.25) is 9.59 Å². The first-order valence-corrected chi connectivity index (χ1v) is 6.04. The van der Waals surface area contributed by atoms with Crippen molar-refractivity contribution < 1.29 is 18.7 Å². The van der Waals surface area contributed by atoms with Crippen LogP contribution in [0.4, 0.5) is 4.39 Å². The zero-order valence-corrected chi connectivity index (χ0v) is 10.4. The summed E-state index contributed by atoms with van der Waals surface area (Å²) >= 11 is 0. The molecule has 1 saturated heterocycles. The van der Waals surface area contributed by atoms with Gasteiger partial charge in [-0.1, -0.05) is 6.07 Å². The molecule has 6 heteroatoms. The zero-order valence-electron chi connectivity index (χ0n) is 10.4. The Labute approximate surface area is 110 Å². The van der Waals surface area contributed by atoms with Crippen molar-refractivity contribution in [3.05, 3.63) is 30.1 Å². The molecular formula is C13H15FN2O3. The summed E-state index contributed by atoms with van der Waals surface area (Å²) in [6, 6.07) is 5.67. The monoisotopic (exact) mass is 266 g/mol. The second-order valence-electron chi connectivity index (χ2n) is 4.27. The van der Waals surface area contributed by atoms with Crippen molar-refractivity contribution in [1.82, 2.24) is 9.80 Å². The third-order valence-corrected chi connectivity index (χ3v) is 2.97. The van der Waals surface area contributed by atoms with Crippen LogP contribution < -0.4 is 4.74 Å². The highest BCUT2D eigenvalue weighted by atomic mass is 19.1. The first-order valence-electron chi connectivity index (χ1n) is 6.04. The molecule has 1 heterocycles. The summed E-state index contributed by atoms with van der Waals surface area (Å²) in [4.78, 5) is 25.7. The molecule has 0 N–H and O–H groups in total. The summed E-state index contributed by atoms with van der Waals surface area (Å²) in [5, 5.41) is 0. The lowest BCUT2D eigenvalue weighted by atomic mass is 10.3. The van der Waals surface area contributed by atoms with E-state index in [-0.39, 0.29) is 12.5 Å². The lowest BCUT2D eigenvalue weighted by Crippen LogP contribution is -2.49. The fourth-order valence-corrected chi connectivity index (χ4v) is 1.87. The molecule has 0 saturated carbocycles. The van der Waals surface area contributed by atoms with Gasteiger partial charge in [-0.05, 0) is 12.1 Å². The van der Waals surface area contributed by atoms with E-state index < -0.39 is 5.82 Å². The molecule has 1 aromatic rings. The Hall–Kier alpha value is -2.11.